The van der Waals surface area contributed by atoms with Crippen molar-refractivity contribution in [1.82, 2.24) is 30.4 Å². The maximum absolute atomic E-state index is 14.1. The van der Waals surface area contributed by atoms with E-state index in [1.807, 2.05) is 18.7 Å². The molecular formula is C27H41FN6O3. The van der Waals surface area contributed by atoms with Crippen LogP contribution < -0.4 is 10.6 Å². The van der Waals surface area contributed by atoms with E-state index in [1.54, 1.807) is 26.1 Å². The Bertz CT molecular complexity index is 1090. The summed E-state index contributed by atoms with van der Waals surface area (Å²) in [7, 11) is 1.68. The van der Waals surface area contributed by atoms with E-state index < -0.39 is 23.8 Å². The lowest BCUT2D eigenvalue weighted by Gasteiger charge is -2.35. The van der Waals surface area contributed by atoms with Crippen LogP contribution in [0.3, 0.4) is 0 Å². The van der Waals surface area contributed by atoms with Crippen molar-refractivity contribution < 1.29 is 18.8 Å². The molecule has 1 saturated heterocycles. The van der Waals surface area contributed by atoms with E-state index in [4.69, 9.17) is 0 Å². The van der Waals surface area contributed by atoms with E-state index in [1.165, 1.54) is 11.0 Å². The summed E-state index contributed by atoms with van der Waals surface area (Å²) in [4.78, 5) is 50.0. The Balaban J connectivity index is 1.71. The number of nitrogens with zero attached hydrogens (tertiary/aromatic N) is 3. The molecule has 3 atom stereocenters. The number of halogens is 1. The fourth-order valence-corrected chi connectivity index (χ4v) is 4.93. The zero-order valence-corrected chi connectivity index (χ0v) is 22.6. The van der Waals surface area contributed by atoms with Crippen LogP contribution in [-0.2, 0) is 9.59 Å². The SMILES string of the molecule is CC[C@H]1CCCCN1C(=O)CC[C@H](NC(=O)N(C)CC(C)C)C(=O)N[C@@H](C)c1nc2c(F)cccc2[nH]1. The first-order valence-corrected chi connectivity index (χ1v) is 13.4. The third kappa shape index (κ3) is 7.42. The zero-order valence-electron chi connectivity index (χ0n) is 22.6. The number of aromatic amines is 1. The number of hydrogen-bond donors (Lipinski definition) is 3. The van der Waals surface area contributed by atoms with Gasteiger partial charge in [-0.15, -0.1) is 0 Å². The molecule has 37 heavy (non-hydrogen) atoms. The third-order valence-electron chi connectivity index (χ3n) is 6.92. The van der Waals surface area contributed by atoms with E-state index in [0.717, 1.165) is 32.2 Å². The van der Waals surface area contributed by atoms with Crippen molar-refractivity contribution in [2.75, 3.05) is 20.1 Å². The predicted octanol–water partition coefficient (Wildman–Crippen LogP) is 4.12. The van der Waals surface area contributed by atoms with Crippen LogP contribution in [0.4, 0.5) is 9.18 Å². The average molecular weight is 517 g/mol. The summed E-state index contributed by atoms with van der Waals surface area (Å²) in [6, 6.07) is 3.03. The average Bonchev–Trinajstić information content (AvgIpc) is 3.31. The van der Waals surface area contributed by atoms with Crippen molar-refractivity contribution in [3.05, 3.63) is 29.8 Å². The molecule has 1 fully saturated rings. The van der Waals surface area contributed by atoms with Gasteiger partial charge in [0, 0.05) is 32.6 Å². The highest BCUT2D eigenvalue weighted by atomic mass is 19.1. The fraction of sp³-hybridized carbons (Fsp3) is 0.630. The lowest BCUT2D eigenvalue weighted by atomic mass is 9.99. The van der Waals surface area contributed by atoms with Crippen molar-refractivity contribution in [2.24, 2.45) is 5.92 Å². The number of para-hydroxylation sites is 1. The van der Waals surface area contributed by atoms with E-state index in [0.29, 0.717) is 17.9 Å². The van der Waals surface area contributed by atoms with Crippen LogP contribution in [-0.4, -0.2) is 69.8 Å². The Morgan fingerprint density at radius 2 is 1.97 bits per heavy atom. The molecule has 0 radical (unpaired) electrons. The van der Waals surface area contributed by atoms with Crippen LogP contribution in [0.2, 0.25) is 0 Å². The van der Waals surface area contributed by atoms with Gasteiger partial charge < -0.3 is 25.4 Å². The molecule has 9 nitrogen and oxygen atoms in total. The predicted molar refractivity (Wildman–Crippen MR) is 141 cm³/mol. The topological polar surface area (TPSA) is 110 Å². The van der Waals surface area contributed by atoms with Crippen LogP contribution >= 0.6 is 0 Å². The van der Waals surface area contributed by atoms with Gasteiger partial charge in [0.2, 0.25) is 11.8 Å². The Kier molecular flexibility index (Phi) is 9.88. The molecule has 3 rings (SSSR count). The quantitative estimate of drug-likeness (QED) is 0.441. The number of H-pyrrole nitrogens is 1. The van der Waals surface area contributed by atoms with E-state index in [9.17, 15) is 18.8 Å². The summed E-state index contributed by atoms with van der Waals surface area (Å²) >= 11 is 0. The number of nitrogens with one attached hydrogen (secondary N) is 3. The molecule has 0 spiro atoms. The van der Waals surface area contributed by atoms with Crippen molar-refractivity contribution >= 4 is 28.9 Å². The standard InChI is InChI=1S/C27H41FN6O3/c1-6-19-10-7-8-15-34(19)23(35)14-13-22(31-27(37)33(5)16-17(2)3)26(36)29-18(4)25-30-21-12-9-11-20(28)24(21)32-25/h9,11-12,17-19,22H,6-8,10,13-16H2,1-5H3,(H,29,36)(H,30,32)(H,31,37)/t18-,19-,22-/m0/s1. The van der Waals surface area contributed by atoms with Crippen molar-refractivity contribution in [3.8, 4) is 0 Å². The number of piperidine rings is 1. The molecule has 0 bridgehead atoms. The van der Waals surface area contributed by atoms with Gasteiger partial charge in [-0.25, -0.2) is 14.2 Å². The molecule has 0 saturated carbocycles. The van der Waals surface area contributed by atoms with Crippen LogP contribution in [0.1, 0.15) is 78.1 Å². The second-order valence-corrected chi connectivity index (χ2v) is 10.4. The largest absolute Gasteiger partial charge is 0.345 e. The maximum atomic E-state index is 14.1. The first-order valence-electron chi connectivity index (χ1n) is 13.4. The first-order chi connectivity index (χ1) is 17.6. The molecule has 10 heteroatoms. The van der Waals surface area contributed by atoms with Crippen LogP contribution in [0, 0.1) is 11.7 Å². The molecule has 1 aromatic carbocycles. The van der Waals surface area contributed by atoms with Crippen molar-refractivity contribution in [3.63, 3.8) is 0 Å². The van der Waals surface area contributed by atoms with Crippen LogP contribution in [0.15, 0.2) is 18.2 Å². The third-order valence-corrected chi connectivity index (χ3v) is 6.92. The number of imidazole rings is 1. The van der Waals surface area contributed by atoms with E-state index in [2.05, 4.69) is 27.5 Å². The number of urea groups is 1. The number of aromatic nitrogens is 2. The first kappa shape index (κ1) is 28.4. The minimum Gasteiger partial charge on any atom is -0.345 e. The number of fused-ring (bicyclic) bond motifs is 1. The monoisotopic (exact) mass is 516 g/mol. The summed E-state index contributed by atoms with van der Waals surface area (Å²) in [6.07, 6.45) is 4.35. The zero-order chi connectivity index (χ0) is 27.1. The lowest BCUT2D eigenvalue weighted by Crippen LogP contribution is -2.52. The summed E-state index contributed by atoms with van der Waals surface area (Å²) in [6.45, 7) is 9.11. The Labute approximate surface area is 218 Å². The number of hydrogen-bond acceptors (Lipinski definition) is 4. The normalized spacial score (nSPS) is 17.5. The van der Waals surface area contributed by atoms with Gasteiger partial charge in [0.25, 0.3) is 0 Å². The smallest absolute Gasteiger partial charge is 0.317 e. The number of carbonyl (C=O) groups excluding carboxylic acids is 3. The van der Waals surface area contributed by atoms with Gasteiger partial charge >= 0.3 is 6.03 Å². The number of benzene rings is 1. The Morgan fingerprint density at radius 1 is 1.22 bits per heavy atom. The molecular weight excluding hydrogens is 475 g/mol. The number of carbonyl (C=O) groups is 3. The second kappa shape index (κ2) is 12.9. The molecule has 2 aromatic rings. The summed E-state index contributed by atoms with van der Waals surface area (Å²) < 4.78 is 14.1. The van der Waals surface area contributed by atoms with Crippen LogP contribution in [0.5, 0.6) is 0 Å². The molecule has 3 N–H and O–H groups in total. The summed E-state index contributed by atoms with van der Waals surface area (Å²) in [5.41, 5.74) is 0.741. The van der Waals surface area contributed by atoms with Gasteiger partial charge in [0.05, 0.1) is 11.6 Å². The highest BCUT2D eigenvalue weighted by Crippen LogP contribution is 2.22. The van der Waals surface area contributed by atoms with Crippen LogP contribution in [0.25, 0.3) is 11.0 Å². The molecule has 2 heterocycles. The molecule has 1 aliphatic heterocycles. The molecule has 1 aromatic heterocycles. The van der Waals surface area contributed by atoms with Gasteiger partial charge in [-0.05, 0) is 57.1 Å². The van der Waals surface area contributed by atoms with E-state index >= 15 is 0 Å². The van der Waals surface area contributed by atoms with E-state index in [-0.39, 0.29) is 42.3 Å². The Hall–Kier alpha value is -3.17. The second-order valence-electron chi connectivity index (χ2n) is 10.4. The molecule has 0 unspecified atom stereocenters. The number of rotatable bonds is 10. The van der Waals surface area contributed by atoms with Crippen molar-refractivity contribution in [1.29, 1.82) is 0 Å². The van der Waals surface area contributed by atoms with Gasteiger partial charge in [-0.1, -0.05) is 26.8 Å². The molecule has 1 aliphatic rings. The van der Waals surface area contributed by atoms with Gasteiger partial charge in [0.1, 0.15) is 17.4 Å². The molecule has 0 aliphatic carbocycles. The van der Waals surface area contributed by atoms with Gasteiger partial charge in [-0.2, -0.15) is 0 Å². The lowest BCUT2D eigenvalue weighted by molar-refractivity contribution is -0.135. The number of amides is 4. The number of likely N-dealkylation sites (tertiary alicyclic amines) is 1. The molecule has 4 amide bonds. The highest BCUT2D eigenvalue weighted by molar-refractivity contribution is 5.88. The fourth-order valence-electron chi connectivity index (χ4n) is 4.93. The molecule has 204 valence electrons. The summed E-state index contributed by atoms with van der Waals surface area (Å²) in [5, 5.41) is 5.68. The highest BCUT2D eigenvalue weighted by Gasteiger charge is 2.29. The minimum absolute atomic E-state index is 0.00921. The Morgan fingerprint density at radius 3 is 2.65 bits per heavy atom. The van der Waals surface area contributed by atoms with Gasteiger partial charge in [0.15, 0.2) is 5.82 Å². The summed E-state index contributed by atoms with van der Waals surface area (Å²) in [5.74, 6) is -0.180. The maximum Gasteiger partial charge on any atom is 0.317 e. The minimum atomic E-state index is -0.903. The van der Waals surface area contributed by atoms with Gasteiger partial charge in [-0.3, -0.25) is 9.59 Å². The van der Waals surface area contributed by atoms with Crippen molar-refractivity contribution in [2.45, 2.75) is 84.3 Å².